The average Bonchev–Trinajstić information content (AvgIpc) is 2.93. The van der Waals surface area contributed by atoms with E-state index >= 15 is 0 Å². The number of alkyl halides is 3. The van der Waals surface area contributed by atoms with Crippen molar-refractivity contribution < 1.29 is 32.4 Å². The summed E-state index contributed by atoms with van der Waals surface area (Å²) in [6, 6.07) is 6.49. The van der Waals surface area contributed by atoms with Crippen molar-refractivity contribution in [3.8, 4) is 5.75 Å². The van der Waals surface area contributed by atoms with Crippen LogP contribution in [0, 0.1) is 5.41 Å². The number of benzene rings is 1. The van der Waals surface area contributed by atoms with Crippen molar-refractivity contribution in [1.29, 1.82) is 0 Å². The smallest absolute Gasteiger partial charge is 0.490 e. The third-order valence-electron chi connectivity index (χ3n) is 5.44. The zero-order chi connectivity index (χ0) is 22.7. The van der Waals surface area contributed by atoms with Gasteiger partial charge in [-0.1, -0.05) is 6.07 Å². The summed E-state index contributed by atoms with van der Waals surface area (Å²) in [5, 5.41) is 10.6. The van der Waals surface area contributed by atoms with E-state index in [0.717, 1.165) is 38.1 Å². The lowest BCUT2D eigenvalue weighted by molar-refractivity contribution is -0.192. The number of halogens is 3. The third-order valence-corrected chi connectivity index (χ3v) is 7.00. The fourth-order valence-electron chi connectivity index (χ4n) is 3.82. The SMILES string of the molecule is COc1ccc2c(c1)CC1(CCNCC1)[C@@H]2N[S@@+]([O-])C(C)(C)C.O=C(O)C(F)(F)F. The van der Waals surface area contributed by atoms with Crippen LogP contribution in [-0.2, 0) is 22.6 Å². The van der Waals surface area contributed by atoms with Crippen molar-refractivity contribution >= 4 is 17.3 Å². The highest BCUT2D eigenvalue weighted by Crippen LogP contribution is 2.52. The maximum atomic E-state index is 12.7. The molecule has 30 heavy (non-hydrogen) atoms. The number of hydrogen-bond acceptors (Lipinski definition) is 5. The van der Waals surface area contributed by atoms with Gasteiger partial charge in [-0.2, -0.15) is 13.2 Å². The van der Waals surface area contributed by atoms with Gasteiger partial charge in [-0.25, -0.2) is 4.79 Å². The third kappa shape index (κ3) is 5.81. The average molecular weight is 451 g/mol. The Kier molecular flexibility index (Phi) is 7.71. The van der Waals surface area contributed by atoms with E-state index in [2.05, 4.69) is 22.2 Å². The van der Waals surface area contributed by atoms with Crippen LogP contribution in [0.1, 0.15) is 50.8 Å². The number of aliphatic carboxylic acids is 1. The molecule has 1 aromatic carbocycles. The molecule has 1 aromatic rings. The van der Waals surface area contributed by atoms with Gasteiger partial charge in [0.15, 0.2) is 0 Å². The number of carbonyl (C=O) groups is 1. The highest BCUT2D eigenvalue weighted by Gasteiger charge is 2.49. The first kappa shape index (κ1) is 24.8. The van der Waals surface area contributed by atoms with Crippen molar-refractivity contribution in [3.05, 3.63) is 29.3 Å². The molecule has 170 valence electrons. The number of methoxy groups -OCH3 is 1. The van der Waals surface area contributed by atoms with Crippen molar-refractivity contribution in [1.82, 2.24) is 10.0 Å². The molecule has 2 atom stereocenters. The quantitative estimate of drug-likeness (QED) is 0.612. The van der Waals surface area contributed by atoms with Crippen LogP contribution in [0.5, 0.6) is 5.75 Å². The van der Waals surface area contributed by atoms with Gasteiger partial charge in [-0.15, -0.1) is 4.72 Å². The van der Waals surface area contributed by atoms with E-state index in [0.29, 0.717) is 0 Å². The maximum absolute atomic E-state index is 12.7. The molecule has 1 heterocycles. The summed E-state index contributed by atoms with van der Waals surface area (Å²) >= 11 is -1.07. The van der Waals surface area contributed by atoms with Gasteiger partial charge >= 0.3 is 12.1 Å². The minimum atomic E-state index is -5.08. The van der Waals surface area contributed by atoms with E-state index in [-0.39, 0.29) is 16.2 Å². The number of nitrogens with one attached hydrogen (secondary N) is 2. The first-order chi connectivity index (χ1) is 13.8. The molecule has 1 spiro atoms. The highest BCUT2D eigenvalue weighted by molar-refractivity contribution is 7.90. The molecule has 3 N–H and O–H groups in total. The molecule has 1 aliphatic heterocycles. The molecule has 0 bridgehead atoms. The zero-order valence-corrected chi connectivity index (χ0v) is 18.4. The minimum Gasteiger partial charge on any atom is -0.598 e. The number of carboxylic acids is 1. The van der Waals surface area contributed by atoms with Gasteiger partial charge in [0.25, 0.3) is 0 Å². The monoisotopic (exact) mass is 450 g/mol. The molecular weight excluding hydrogens is 421 g/mol. The Hall–Kier alpha value is -1.49. The topological polar surface area (TPSA) is 93.6 Å². The number of carboxylic acid groups (broad SMARTS) is 1. The molecule has 0 amide bonds. The fourth-order valence-corrected chi connectivity index (χ4v) is 4.76. The van der Waals surface area contributed by atoms with Crippen molar-refractivity contribution in [2.24, 2.45) is 5.41 Å². The Bertz CT molecular complexity index is 747. The van der Waals surface area contributed by atoms with Gasteiger partial charge in [0.1, 0.15) is 10.5 Å². The lowest BCUT2D eigenvalue weighted by atomic mass is 9.73. The number of rotatable bonds is 3. The molecule has 1 aliphatic carbocycles. The summed E-state index contributed by atoms with van der Waals surface area (Å²) in [5.74, 6) is -1.85. The summed E-state index contributed by atoms with van der Waals surface area (Å²) in [6.45, 7) is 8.14. The van der Waals surface area contributed by atoms with Gasteiger partial charge in [0.05, 0.1) is 13.2 Å². The summed E-state index contributed by atoms with van der Waals surface area (Å²) < 4.78 is 53.1. The maximum Gasteiger partial charge on any atom is 0.490 e. The summed E-state index contributed by atoms with van der Waals surface area (Å²) in [6.07, 6.45) is -1.81. The number of fused-ring (bicyclic) bond motifs is 1. The number of hydrogen-bond donors (Lipinski definition) is 3. The second kappa shape index (κ2) is 9.33. The molecule has 0 unspecified atom stereocenters. The van der Waals surface area contributed by atoms with Crippen LogP contribution in [0.2, 0.25) is 0 Å². The molecule has 0 aromatic heterocycles. The second-order valence-corrected chi connectivity index (χ2v) is 10.6. The first-order valence-corrected chi connectivity index (χ1v) is 10.8. The van der Waals surface area contributed by atoms with Gasteiger partial charge < -0.3 is 19.7 Å². The number of piperidine rings is 1. The van der Waals surface area contributed by atoms with Crippen LogP contribution >= 0.6 is 0 Å². The predicted molar refractivity (Wildman–Crippen MR) is 109 cm³/mol. The van der Waals surface area contributed by atoms with E-state index in [9.17, 15) is 17.7 Å². The van der Waals surface area contributed by atoms with Gasteiger partial charge in [0.2, 0.25) is 0 Å². The summed E-state index contributed by atoms with van der Waals surface area (Å²) in [4.78, 5) is 8.90. The Morgan fingerprint density at radius 1 is 1.30 bits per heavy atom. The summed E-state index contributed by atoms with van der Waals surface area (Å²) in [5.41, 5.74) is 2.81. The van der Waals surface area contributed by atoms with Crippen molar-refractivity contribution in [2.45, 2.75) is 57.0 Å². The summed E-state index contributed by atoms with van der Waals surface area (Å²) in [7, 11) is 1.71. The first-order valence-electron chi connectivity index (χ1n) is 9.66. The number of ether oxygens (including phenoxy) is 1. The lowest BCUT2D eigenvalue weighted by Gasteiger charge is -2.40. The van der Waals surface area contributed by atoms with Gasteiger partial charge in [-0.05, 0) is 76.4 Å². The Morgan fingerprint density at radius 3 is 2.33 bits per heavy atom. The van der Waals surface area contributed by atoms with Crippen LogP contribution in [0.15, 0.2) is 18.2 Å². The van der Waals surface area contributed by atoms with E-state index in [4.69, 9.17) is 14.6 Å². The van der Waals surface area contributed by atoms with Crippen molar-refractivity contribution in [2.75, 3.05) is 20.2 Å². The van der Waals surface area contributed by atoms with E-state index in [1.54, 1.807) is 7.11 Å². The van der Waals surface area contributed by atoms with Crippen LogP contribution < -0.4 is 14.8 Å². The fraction of sp³-hybridized carbons (Fsp3) is 0.650. The molecule has 3 rings (SSSR count). The molecule has 0 radical (unpaired) electrons. The molecule has 2 aliphatic rings. The molecule has 0 saturated carbocycles. The highest BCUT2D eigenvalue weighted by atomic mass is 32.2. The van der Waals surface area contributed by atoms with Crippen LogP contribution in [0.3, 0.4) is 0 Å². The van der Waals surface area contributed by atoms with Crippen LogP contribution in [-0.4, -0.2) is 46.8 Å². The zero-order valence-electron chi connectivity index (χ0n) is 17.6. The largest absolute Gasteiger partial charge is 0.598 e. The minimum absolute atomic E-state index is 0.158. The normalized spacial score (nSPS) is 21.4. The van der Waals surface area contributed by atoms with Crippen LogP contribution in [0.25, 0.3) is 0 Å². The standard InChI is InChI=1S/C18H28N2O2S.C2HF3O2/c1-17(2,3)23(21)20-16-15-6-5-14(22-4)11-13(15)12-18(16)7-9-19-10-8-18;3-2(4,5)1(6)7/h5-6,11,16,19-20H,7-10,12H2,1-4H3;(H,6,7)/t16-,23+;/m1./s1. The molecule has 1 saturated heterocycles. The van der Waals surface area contributed by atoms with Crippen molar-refractivity contribution in [3.63, 3.8) is 0 Å². The Balaban J connectivity index is 0.000000396. The van der Waals surface area contributed by atoms with Gasteiger partial charge in [-0.3, -0.25) is 0 Å². The van der Waals surface area contributed by atoms with Gasteiger partial charge in [0, 0.05) is 16.8 Å². The predicted octanol–water partition coefficient (Wildman–Crippen LogP) is 3.35. The molecule has 10 heteroatoms. The van der Waals surface area contributed by atoms with E-state index < -0.39 is 23.5 Å². The second-order valence-electron chi connectivity index (χ2n) is 8.59. The molecule has 6 nitrogen and oxygen atoms in total. The Labute approximate surface area is 177 Å². The van der Waals surface area contributed by atoms with Crippen LogP contribution in [0.4, 0.5) is 13.2 Å². The van der Waals surface area contributed by atoms with E-state index in [1.165, 1.54) is 11.1 Å². The molecular formula is C20H29F3N2O4S. The van der Waals surface area contributed by atoms with E-state index in [1.807, 2.05) is 26.8 Å². The lowest BCUT2D eigenvalue weighted by Crippen LogP contribution is -2.48. The molecule has 1 fully saturated rings. The Morgan fingerprint density at radius 2 is 1.87 bits per heavy atom.